The minimum Gasteiger partial charge on any atom is -0.435 e. The van der Waals surface area contributed by atoms with E-state index in [1.165, 1.54) is 36.2 Å². The third kappa shape index (κ3) is 4.84. The standard InChI is InChI=1S/C21H18F5N3O2/c1-28-19(12-8-15(22)18(24)16(23)9-12)14-6-7-29(10-17(14)27)20(30)11-2-4-13(5-3-11)31-21(25)26/h2-5,8-9,21H,6-7,10,27H2,1H3. The molecule has 0 aliphatic carbocycles. The molecule has 10 heteroatoms. The third-order valence-corrected chi connectivity index (χ3v) is 4.76. The largest absolute Gasteiger partial charge is 0.435 e. The second kappa shape index (κ2) is 9.15. The molecule has 5 nitrogen and oxygen atoms in total. The molecule has 0 atom stereocenters. The molecule has 3 rings (SSSR count). The van der Waals surface area contributed by atoms with Crippen molar-refractivity contribution in [2.24, 2.45) is 10.7 Å². The Morgan fingerprint density at radius 2 is 1.71 bits per heavy atom. The van der Waals surface area contributed by atoms with Crippen LogP contribution in [0.1, 0.15) is 22.3 Å². The Morgan fingerprint density at radius 3 is 2.23 bits per heavy atom. The molecule has 0 aromatic heterocycles. The molecule has 2 N–H and O–H groups in total. The van der Waals surface area contributed by atoms with Crippen LogP contribution in [0.15, 0.2) is 52.7 Å². The van der Waals surface area contributed by atoms with Gasteiger partial charge in [0.2, 0.25) is 0 Å². The Balaban J connectivity index is 1.79. The molecule has 0 unspecified atom stereocenters. The summed E-state index contributed by atoms with van der Waals surface area (Å²) in [5, 5.41) is 0. The summed E-state index contributed by atoms with van der Waals surface area (Å²) >= 11 is 0. The second-order valence-corrected chi connectivity index (χ2v) is 6.71. The maximum absolute atomic E-state index is 13.6. The third-order valence-electron chi connectivity index (χ3n) is 4.76. The summed E-state index contributed by atoms with van der Waals surface area (Å²) in [6.45, 7) is -2.71. The molecule has 2 aromatic carbocycles. The molecule has 0 saturated carbocycles. The first kappa shape index (κ1) is 22.3. The number of ether oxygens (including phenoxy) is 1. The van der Waals surface area contributed by atoms with Gasteiger partial charge in [-0.05, 0) is 42.8 Å². The minimum absolute atomic E-state index is 0.0225. The zero-order valence-electron chi connectivity index (χ0n) is 16.3. The summed E-state index contributed by atoms with van der Waals surface area (Å²) in [5.74, 6) is -4.72. The van der Waals surface area contributed by atoms with E-state index >= 15 is 0 Å². The maximum Gasteiger partial charge on any atom is 0.387 e. The van der Waals surface area contributed by atoms with Gasteiger partial charge in [0.05, 0.1) is 12.3 Å². The number of nitrogens with zero attached hydrogens (tertiary/aromatic N) is 2. The summed E-state index contributed by atoms with van der Waals surface area (Å²) in [7, 11) is 1.41. The molecular formula is C21H18F5N3O2. The van der Waals surface area contributed by atoms with Crippen molar-refractivity contribution in [1.82, 2.24) is 4.90 Å². The topological polar surface area (TPSA) is 67.9 Å². The van der Waals surface area contributed by atoms with E-state index in [1.54, 1.807) is 0 Å². The van der Waals surface area contributed by atoms with Gasteiger partial charge in [-0.2, -0.15) is 8.78 Å². The predicted octanol–water partition coefficient (Wildman–Crippen LogP) is 3.88. The fourth-order valence-electron chi connectivity index (χ4n) is 3.32. The molecule has 1 heterocycles. The maximum atomic E-state index is 13.6. The molecule has 0 fully saturated rings. The number of alkyl halides is 2. The van der Waals surface area contributed by atoms with Crippen molar-refractivity contribution in [2.45, 2.75) is 13.0 Å². The molecule has 1 aliphatic heterocycles. The Labute approximate surface area is 174 Å². The molecule has 0 bridgehead atoms. The Kier molecular flexibility index (Phi) is 6.57. The highest BCUT2D eigenvalue weighted by atomic mass is 19.3. The lowest BCUT2D eigenvalue weighted by Gasteiger charge is -2.30. The average Bonchev–Trinajstić information content (AvgIpc) is 2.73. The van der Waals surface area contributed by atoms with Crippen molar-refractivity contribution in [3.63, 3.8) is 0 Å². The quantitative estimate of drug-likeness (QED) is 0.437. The fraction of sp³-hybridized carbons (Fsp3) is 0.238. The molecular weight excluding hydrogens is 421 g/mol. The number of rotatable bonds is 5. The molecule has 31 heavy (non-hydrogen) atoms. The highest BCUT2D eigenvalue weighted by Crippen LogP contribution is 2.24. The van der Waals surface area contributed by atoms with Crippen LogP contribution in [-0.2, 0) is 0 Å². The number of carbonyl (C=O) groups excluding carboxylic acids is 1. The van der Waals surface area contributed by atoms with E-state index in [9.17, 15) is 26.7 Å². The lowest BCUT2D eigenvalue weighted by Crippen LogP contribution is -2.40. The van der Waals surface area contributed by atoms with Crippen molar-refractivity contribution in [3.8, 4) is 5.75 Å². The van der Waals surface area contributed by atoms with Gasteiger partial charge in [0, 0.05) is 36.0 Å². The van der Waals surface area contributed by atoms with Crippen LogP contribution in [0.3, 0.4) is 0 Å². The van der Waals surface area contributed by atoms with Crippen molar-refractivity contribution < 1.29 is 31.5 Å². The van der Waals surface area contributed by atoms with Crippen LogP contribution < -0.4 is 10.5 Å². The Hall–Kier alpha value is -3.43. The van der Waals surface area contributed by atoms with Crippen LogP contribution in [0.4, 0.5) is 22.0 Å². The van der Waals surface area contributed by atoms with Crippen LogP contribution >= 0.6 is 0 Å². The smallest absolute Gasteiger partial charge is 0.387 e. The molecule has 164 valence electrons. The second-order valence-electron chi connectivity index (χ2n) is 6.71. The number of aliphatic imine (C=N–C) groups is 1. The lowest BCUT2D eigenvalue weighted by atomic mass is 9.94. The van der Waals surface area contributed by atoms with Gasteiger partial charge >= 0.3 is 6.61 Å². The number of benzene rings is 2. The van der Waals surface area contributed by atoms with E-state index in [1.807, 2.05) is 0 Å². The van der Waals surface area contributed by atoms with Crippen LogP contribution in [0.25, 0.3) is 0 Å². The molecule has 1 amide bonds. The molecule has 1 aliphatic rings. The number of halogens is 5. The van der Waals surface area contributed by atoms with E-state index in [-0.39, 0.29) is 53.7 Å². The van der Waals surface area contributed by atoms with Crippen molar-refractivity contribution in [3.05, 3.63) is 76.2 Å². The van der Waals surface area contributed by atoms with Crippen molar-refractivity contribution in [1.29, 1.82) is 0 Å². The monoisotopic (exact) mass is 439 g/mol. The van der Waals surface area contributed by atoms with Gasteiger partial charge in [-0.3, -0.25) is 9.79 Å². The first-order valence-corrected chi connectivity index (χ1v) is 9.15. The van der Waals surface area contributed by atoms with Crippen LogP contribution in [0.5, 0.6) is 5.75 Å². The summed E-state index contributed by atoms with van der Waals surface area (Å²) in [5.41, 5.74) is 7.38. The number of hydrogen-bond donors (Lipinski definition) is 1. The molecule has 2 aromatic rings. The predicted molar refractivity (Wildman–Crippen MR) is 104 cm³/mol. The van der Waals surface area contributed by atoms with Gasteiger partial charge in [0.25, 0.3) is 5.91 Å². The van der Waals surface area contributed by atoms with Crippen LogP contribution in [-0.4, -0.2) is 43.3 Å². The highest BCUT2D eigenvalue weighted by Gasteiger charge is 2.26. The van der Waals surface area contributed by atoms with E-state index in [2.05, 4.69) is 9.73 Å². The first-order valence-electron chi connectivity index (χ1n) is 9.15. The Morgan fingerprint density at radius 1 is 1.10 bits per heavy atom. The average molecular weight is 439 g/mol. The molecule has 0 saturated heterocycles. The first-order chi connectivity index (χ1) is 14.7. The summed E-state index contributed by atoms with van der Waals surface area (Å²) in [6, 6.07) is 6.90. The number of amides is 1. The van der Waals surface area contributed by atoms with Crippen molar-refractivity contribution >= 4 is 11.6 Å². The Bertz CT molecular complexity index is 1030. The van der Waals surface area contributed by atoms with E-state index in [4.69, 9.17) is 5.73 Å². The van der Waals surface area contributed by atoms with Gasteiger partial charge < -0.3 is 15.4 Å². The van der Waals surface area contributed by atoms with Crippen LogP contribution in [0, 0.1) is 17.5 Å². The van der Waals surface area contributed by atoms with Gasteiger partial charge in [0.1, 0.15) is 5.75 Å². The van der Waals surface area contributed by atoms with E-state index in [0.717, 1.165) is 12.1 Å². The normalized spacial score (nSPS) is 14.9. The highest BCUT2D eigenvalue weighted by molar-refractivity contribution is 6.13. The van der Waals surface area contributed by atoms with Crippen molar-refractivity contribution in [2.75, 3.05) is 20.1 Å². The summed E-state index contributed by atoms with van der Waals surface area (Å²) in [6.07, 6.45) is 0.247. The molecule has 0 radical (unpaired) electrons. The van der Waals surface area contributed by atoms with Gasteiger partial charge in [-0.15, -0.1) is 0 Å². The van der Waals surface area contributed by atoms with E-state index < -0.39 is 24.1 Å². The number of hydrogen-bond acceptors (Lipinski definition) is 4. The van der Waals surface area contributed by atoms with Gasteiger partial charge in [0.15, 0.2) is 17.5 Å². The fourth-order valence-corrected chi connectivity index (χ4v) is 3.32. The SMILES string of the molecule is CN=C(C1=C(N)CN(C(=O)c2ccc(OC(F)F)cc2)CC1)c1cc(F)c(F)c(F)c1. The van der Waals surface area contributed by atoms with Gasteiger partial charge in [-0.1, -0.05) is 0 Å². The van der Waals surface area contributed by atoms with Gasteiger partial charge in [-0.25, -0.2) is 13.2 Å². The zero-order chi connectivity index (χ0) is 22.7. The zero-order valence-corrected chi connectivity index (χ0v) is 16.3. The molecule has 0 spiro atoms. The minimum atomic E-state index is -2.97. The summed E-state index contributed by atoms with van der Waals surface area (Å²) < 4.78 is 69.3. The van der Waals surface area contributed by atoms with Crippen LogP contribution in [0.2, 0.25) is 0 Å². The number of carbonyl (C=O) groups is 1. The summed E-state index contributed by atoms with van der Waals surface area (Å²) in [4.78, 5) is 18.2. The number of nitrogens with two attached hydrogens (primary N) is 1. The van der Waals surface area contributed by atoms with E-state index in [0.29, 0.717) is 5.57 Å². The lowest BCUT2D eigenvalue weighted by molar-refractivity contribution is -0.0498.